The van der Waals surface area contributed by atoms with Crippen LogP contribution in [-0.4, -0.2) is 36.2 Å². The summed E-state index contributed by atoms with van der Waals surface area (Å²) in [7, 11) is 1.80. The van der Waals surface area contributed by atoms with E-state index in [0.717, 1.165) is 17.0 Å². The third kappa shape index (κ3) is 3.80. The van der Waals surface area contributed by atoms with Crippen LogP contribution >= 0.6 is 12.2 Å². The Balaban J connectivity index is 1.99. The van der Waals surface area contributed by atoms with Gasteiger partial charge in [0, 0.05) is 18.7 Å². The summed E-state index contributed by atoms with van der Waals surface area (Å²) in [6.45, 7) is 4.95. The fourth-order valence-corrected chi connectivity index (χ4v) is 3.17. The molecule has 2 aromatic carbocycles. The zero-order valence-corrected chi connectivity index (χ0v) is 16.5. The van der Waals surface area contributed by atoms with Gasteiger partial charge in [-0.15, -0.1) is 0 Å². The van der Waals surface area contributed by atoms with Crippen molar-refractivity contribution in [2.24, 2.45) is 0 Å². The lowest BCUT2D eigenvalue weighted by Gasteiger charge is -2.16. The number of thiocarbonyl (C=S) groups is 1. The third-order valence-corrected chi connectivity index (χ3v) is 4.62. The Morgan fingerprint density at radius 2 is 1.74 bits per heavy atom. The predicted molar refractivity (Wildman–Crippen MR) is 111 cm³/mol. The van der Waals surface area contributed by atoms with Gasteiger partial charge in [-0.3, -0.25) is 9.69 Å². The standard InChI is InChI=1S/C21H22N2O3S/c1-4-25-17-12-11-15(19(14-17)26-5-2)13-18-20(24)23(21(27)22(18)3)16-9-7-6-8-10-16/h6-14H,4-5H2,1-3H3/b18-13-. The number of rotatable bonds is 6. The van der Waals surface area contributed by atoms with E-state index in [0.29, 0.717) is 29.8 Å². The van der Waals surface area contributed by atoms with Crippen LogP contribution in [0.5, 0.6) is 11.5 Å². The van der Waals surface area contributed by atoms with E-state index in [9.17, 15) is 4.79 Å². The van der Waals surface area contributed by atoms with Crippen molar-refractivity contribution in [3.63, 3.8) is 0 Å². The van der Waals surface area contributed by atoms with E-state index in [4.69, 9.17) is 21.7 Å². The molecular formula is C21H22N2O3S. The van der Waals surface area contributed by atoms with Gasteiger partial charge in [-0.05, 0) is 56.4 Å². The molecule has 0 aromatic heterocycles. The molecule has 6 heteroatoms. The fraction of sp³-hybridized carbons (Fsp3) is 0.238. The molecule has 1 saturated heterocycles. The minimum Gasteiger partial charge on any atom is -0.494 e. The lowest BCUT2D eigenvalue weighted by Crippen LogP contribution is -2.30. The van der Waals surface area contributed by atoms with Crippen LogP contribution in [-0.2, 0) is 4.79 Å². The van der Waals surface area contributed by atoms with Crippen LogP contribution in [0.15, 0.2) is 54.2 Å². The summed E-state index contributed by atoms with van der Waals surface area (Å²) in [6, 6.07) is 15.0. The molecular weight excluding hydrogens is 360 g/mol. The summed E-state index contributed by atoms with van der Waals surface area (Å²) < 4.78 is 11.3. The molecule has 27 heavy (non-hydrogen) atoms. The van der Waals surface area contributed by atoms with E-state index < -0.39 is 0 Å². The van der Waals surface area contributed by atoms with Crippen molar-refractivity contribution in [2.45, 2.75) is 13.8 Å². The van der Waals surface area contributed by atoms with E-state index in [2.05, 4.69) is 0 Å². The number of carbonyl (C=O) groups excluding carboxylic acids is 1. The number of ether oxygens (including phenoxy) is 2. The summed E-state index contributed by atoms with van der Waals surface area (Å²) in [5, 5.41) is 0.446. The molecule has 0 N–H and O–H groups in total. The average molecular weight is 382 g/mol. The Morgan fingerprint density at radius 1 is 1.04 bits per heavy atom. The molecule has 1 aliphatic rings. The molecule has 140 valence electrons. The highest BCUT2D eigenvalue weighted by molar-refractivity contribution is 7.80. The van der Waals surface area contributed by atoms with Gasteiger partial charge < -0.3 is 14.4 Å². The van der Waals surface area contributed by atoms with Crippen molar-refractivity contribution in [3.8, 4) is 11.5 Å². The maximum Gasteiger partial charge on any atom is 0.281 e. The second-order valence-corrected chi connectivity index (χ2v) is 6.28. The number of benzene rings is 2. The van der Waals surface area contributed by atoms with E-state index in [1.807, 2.05) is 62.4 Å². The summed E-state index contributed by atoms with van der Waals surface area (Å²) >= 11 is 5.49. The number of anilines is 1. The van der Waals surface area contributed by atoms with Gasteiger partial charge >= 0.3 is 0 Å². The number of hydrogen-bond donors (Lipinski definition) is 0. The zero-order chi connectivity index (χ0) is 19.4. The topological polar surface area (TPSA) is 42.0 Å². The van der Waals surface area contributed by atoms with Crippen LogP contribution in [0.4, 0.5) is 5.69 Å². The van der Waals surface area contributed by atoms with Gasteiger partial charge in [0.25, 0.3) is 5.91 Å². The van der Waals surface area contributed by atoms with Gasteiger partial charge in [-0.25, -0.2) is 0 Å². The highest BCUT2D eigenvalue weighted by Gasteiger charge is 2.36. The Labute approximate surface area is 164 Å². The van der Waals surface area contributed by atoms with Crippen molar-refractivity contribution in [1.29, 1.82) is 0 Å². The quantitative estimate of drug-likeness (QED) is 0.556. The second kappa shape index (κ2) is 8.22. The van der Waals surface area contributed by atoms with Crippen LogP contribution in [0.3, 0.4) is 0 Å². The molecule has 1 aliphatic heterocycles. The SMILES string of the molecule is CCOc1ccc(/C=C2/C(=O)N(c3ccccc3)C(=S)N2C)c(OCC)c1. The Bertz CT molecular complexity index is 880. The van der Waals surface area contributed by atoms with Crippen LogP contribution in [0, 0.1) is 0 Å². The van der Waals surface area contributed by atoms with Crippen LogP contribution < -0.4 is 14.4 Å². The Morgan fingerprint density at radius 3 is 2.41 bits per heavy atom. The number of hydrogen-bond acceptors (Lipinski definition) is 4. The molecule has 0 saturated carbocycles. The summed E-state index contributed by atoms with van der Waals surface area (Å²) in [5.41, 5.74) is 2.04. The Kier molecular flexibility index (Phi) is 5.76. The Hall–Kier alpha value is -2.86. The summed E-state index contributed by atoms with van der Waals surface area (Å²) in [4.78, 5) is 16.3. The minimum absolute atomic E-state index is 0.162. The molecule has 3 rings (SSSR count). The van der Waals surface area contributed by atoms with Gasteiger partial charge in [0.15, 0.2) is 5.11 Å². The minimum atomic E-state index is -0.162. The third-order valence-electron chi connectivity index (χ3n) is 4.16. The molecule has 5 nitrogen and oxygen atoms in total. The lowest BCUT2D eigenvalue weighted by atomic mass is 10.1. The van der Waals surface area contributed by atoms with Gasteiger partial charge in [0.2, 0.25) is 0 Å². The first-order chi connectivity index (χ1) is 13.1. The van der Waals surface area contributed by atoms with Crippen LogP contribution in [0.1, 0.15) is 19.4 Å². The van der Waals surface area contributed by atoms with Gasteiger partial charge in [-0.2, -0.15) is 0 Å². The molecule has 1 amide bonds. The van der Waals surface area contributed by atoms with Crippen molar-refractivity contribution < 1.29 is 14.3 Å². The van der Waals surface area contributed by atoms with Crippen LogP contribution in [0.25, 0.3) is 6.08 Å². The molecule has 1 heterocycles. The van der Waals surface area contributed by atoms with Gasteiger partial charge in [0.05, 0.1) is 18.9 Å². The molecule has 2 aromatic rings. The van der Waals surface area contributed by atoms with E-state index in [-0.39, 0.29) is 5.91 Å². The molecule has 0 aliphatic carbocycles. The second-order valence-electron chi connectivity index (χ2n) is 5.91. The average Bonchev–Trinajstić information content (AvgIpc) is 2.88. The summed E-state index contributed by atoms with van der Waals surface area (Å²) in [6.07, 6.45) is 1.80. The largest absolute Gasteiger partial charge is 0.494 e. The number of para-hydroxylation sites is 1. The van der Waals surface area contributed by atoms with Crippen LogP contribution in [0.2, 0.25) is 0 Å². The predicted octanol–water partition coefficient (Wildman–Crippen LogP) is 4.09. The highest BCUT2D eigenvalue weighted by Crippen LogP contribution is 2.31. The first-order valence-corrected chi connectivity index (χ1v) is 9.26. The van der Waals surface area contributed by atoms with Crippen molar-refractivity contribution in [3.05, 3.63) is 59.8 Å². The lowest BCUT2D eigenvalue weighted by molar-refractivity contribution is -0.114. The van der Waals surface area contributed by atoms with Gasteiger partial charge in [-0.1, -0.05) is 18.2 Å². The number of amides is 1. The molecule has 0 bridgehead atoms. The molecule has 1 fully saturated rings. The van der Waals surface area contributed by atoms with E-state index in [1.54, 1.807) is 18.0 Å². The number of nitrogens with zero attached hydrogens (tertiary/aromatic N) is 2. The summed E-state index contributed by atoms with van der Waals surface area (Å²) in [5.74, 6) is 1.24. The smallest absolute Gasteiger partial charge is 0.281 e. The first kappa shape index (κ1) is 18.9. The number of likely N-dealkylation sites (N-methyl/N-ethyl adjacent to an activating group) is 1. The van der Waals surface area contributed by atoms with E-state index in [1.165, 1.54) is 4.90 Å². The molecule has 0 radical (unpaired) electrons. The normalized spacial score (nSPS) is 15.6. The van der Waals surface area contributed by atoms with Crippen molar-refractivity contribution >= 4 is 35.0 Å². The van der Waals surface area contributed by atoms with Crippen molar-refractivity contribution in [2.75, 3.05) is 25.2 Å². The zero-order valence-electron chi connectivity index (χ0n) is 15.6. The first-order valence-electron chi connectivity index (χ1n) is 8.85. The monoisotopic (exact) mass is 382 g/mol. The molecule has 0 atom stereocenters. The van der Waals surface area contributed by atoms with E-state index >= 15 is 0 Å². The maximum absolute atomic E-state index is 13.0. The molecule has 0 spiro atoms. The highest BCUT2D eigenvalue weighted by atomic mass is 32.1. The maximum atomic E-state index is 13.0. The molecule has 0 unspecified atom stereocenters. The number of carbonyl (C=O) groups is 1. The fourth-order valence-electron chi connectivity index (χ4n) is 2.88. The van der Waals surface area contributed by atoms with Crippen molar-refractivity contribution in [1.82, 2.24) is 4.90 Å². The van der Waals surface area contributed by atoms with Gasteiger partial charge in [0.1, 0.15) is 17.2 Å².